The van der Waals surface area contributed by atoms with E-state index in [2.05, 4.69) is 155 Å². The van der Waals surface area contributed by atoms with Gasteiger partial charge in [0.2, 0.25) is 0 Å². The largest absolute Gasteiger partial charge is 0.455 e. The predicted octanol–water partition coefficient (Wildman–Crippen LogP) is 12.3. The minimum Gasteiger partial charge on any atom is -0.455 e. The molecule has 8 aromatic carbocycles. The first-order valence-corrected chi connectivity index (χ1v) is 19.3. The van der Waals surface area contributed by atoms with E-state index in [4.69, 9.17) is 13.9 Å². The molecule has 0 spiro atoms. The van der Waals surface area contributed by atoms with E-state index < -0.39 is 0 Å². The number of ether oxygens (including phenoxy) is 2. The van der Waals surface area contributed by atoms with Gasteiger partial charge in [-0.15, -0.1) is 0 Å². The average molecular weight is 723 g/mol. The standard InChI is InChI=1S/C48H27BN2O3S/c1-2-11-28(12-3-1)29-21-23-30(24-22-29)51-37-27-44-42(53-40-18-8-9-20-43(40)55-44)26-32(37)33-25-34-31-13-4-6-16-38(31)54-48(34)47-45(33)49(51)35-14-10-19-41-46(35)50(47)36-15-5-7-17-39(36)52-41/h1-27H. The van der Waals surface area contributed by atoms with Gasteiger partial charge in [0.05, 0.1) is 26.9 Å². The van der Waals surface area contributed by atoms with Crippen LogP contribution in [-0.4, -0.2) is 6.85 Å². The molecule has 0 saturated carbocycles. The fourth-order valence-corrected chi connectivity index (χ4v) is 10.1. The molecule has 5 heterocycles. The smallest absolute Gasteiger partial charge is 0.333 e. The molecule has 4 aliphatic rings. The zero-order valence-electron chi connectivity index (χ0n) is 29.2. The normalized spacial score (nSPS) is 13.9. The molecule has 0 N–H and O–H groups in total. The van der Waals surface area contributed by atoms with Gasteiger partial charge in [0.25, 0.3) is 0 Å². The van der Waals surface area contributed by atoms with Crippen LogP contribution in [0.25, 0.3) is 44.2 Å². The summed E-state index contributed by atoms with van der Waals surface area (Å²) in [5.41, 5.74) is 14.0. The molecule has 5 nitrogen and oxygen atoms in total. The summed E-state index contributed by atoms with van der Waals surface area (Å²) in [4.78, 5) is 7.12. The summed E-state index contributed by atoms with van der Waals surface area (Å²) >= 11 is 1.76. The lowest BCUT2D eigenvalue weighted by atomic mass is 9.43. The molecular formula is C48H27BN2O3S. The molecule has 1 aromatic heterocycles. The molecule has 256 valence electrons. The van der Waals surface area contributed by atoms with Gasteiger partial charge in [-0.1, -0.05) is 109 Å². The highest BCUT2D eigenvalue weighted by atomic mass is 32.2. The Bertz CT molecular complexity index is 3110. The molecule has 0 radical (unpaired) electrons. The molecule has 4 aliphatic heterocycles. The molecule has 13 rings (SSSR count). The van der Waals surface area contributed by atoms with Gasteiger partial charge >= 0.3 is 6.85 Å². The number of nitrogens with zero attached hydrogens (tertiary/aromatic N) is 2. The Labute approximate surface area is 321 Å². The molecule has 0 amide bonds. The Morgan fingerprint density at radius 1 is 0.491 bits per heavy atom. The first-order valence-electron chi connectivity index (χ1n) is 18.5. The number of rotatable bonds is 2. The van der Waals surface area contributed by atoms with Crippen molar-refractivity contribution in [3.63, 3.8) is 0 Å². The Hall–Kier alpha value is -6.83. The second-order valence-electron chi connectivity index (χ2n) is 14.4. The van der Waals surface area contributed by atoms with E-state index in [9.17, 15) is 0 Å². The predicted molar refractivity (Wildman–Crippen MR) is 224 cm³/mol. The van der Waals surface area contributed by atoms with Crippen LogP contribution in [0.2, 0.25) is 0 Å². The molecule has 9 aromatic rings. The van der Waals surface area contributed by atoms with Crippen molar-refractivity contribution in [1.29, 1.82) is 0 Å². The minimum absolute atomic E-state index is 0.197. The Kier molecular flexibility index (Phi) is 5.85. The first kappa shape index (κ1) is 29.6. The van der Waals surface area contributed by atoms with Crippen molar-refractivity contribution in [1.82, 2.24) is 0 Å². The van der Waals surface area contributed by atoms with Crippen LogP contribution >= 0.6 is 11.8 Å². The maximum absolute atomic E-state index is 6.94. The average Bonchev–Trinajstić information content (AvgIpc) is 3.62. The second-order valence-corrected chi connectivity index (χ2v) is 15.5. The molecule has 0 aliphatic carbocycles. The maximum Gasteiger partial charge on any atom is 0.333 e. The molecule has 0 saturated heterocycles. The number of benzene rings is 8. The third-order valence-electron chi connectivity index (χ3n) is 11.5. The summed E-state index contributed by atoms with van der Waals surface area (Å²) < 4.78 is 20.4. The summed E-state index contributed by atoms with van der Waals surface area (Å²) in [7, 11) is 0. The van der Waals surface area contributed by atoms with Gasteiger partial charge in [0, 0.05) is 27.7 Å². The quantitative estimate of drug-likeness (QED) is 0.165. The fraction of sp³-hybridized carbons (Fsp3) is 0. The van der Waals surface area contributed by atoms with Crippen LogP contribution in [0.1, 0.15) is 0 Å². The summed E-state index contributed by atoms with van der Waals surface area (Å²) in [5, 5.41) is 2.17. The van der Waals surface area contributed by atoms with Crippen LogP contribution in [0.15, 0.2) is 178 Å². The van der Waals surface area contributed by atoms with E-state index in [1.165, 1.54) is 27.6 Å². The highest BCUT2D eigenvalue weighted by Gasteiger charge is 2.49. The Balaban J connectivity index is 1.16. The van der Waals surface area contributed by atoms with Gasteiger partial charge < -0.3 is 23.6 Å². The van der Waals surface area contributed by atoms with Crippen LogP contribution in [0.5, 0.6) is 23.0 Å². The van der Waals surface area contributed by atoms with Crippen LogP contribution in [0.3, 0.4) is 0 Å². The highest BCUT2D eigenvalue weighted by molar-refractivity contribution is 7.99. The number of anilines is 5. The topological polar surface area (TPSA) is 38.1 Å². The van der Waals surface area contributed by atoms with E-state index in [0.29, 0.717) is 0 Å². The monoisotopic (exact) mass is 722 g/mol. The van der Waals surface area contributed by atoms with Gasteiger partial charge in [0.15, 0.2) is 17.1 Å². The molecule has 0 unspecified atom stereocenters. The van der Waals surface area contributed by atoms with Crippen LogP contribution in [-0.2, 0) is 0 Å². The number of para-hydroxylation sites is 5. The lowest BCUT2D eigenvalue weighted by molar-refractivity contribution is 0.455. The van der Waals surface area contributed by atoms with Crippen LogP contribution in [0, 0.1) is 0 Å². The van der Waals surface area contributed by atoms with Crippen molar-refractivity contribution in [2.45, 2.75) is 9.79 Å². The zero-order chi connectivity index (χ0) is 35.8. The van der Waals surface area contributed by atoms with E-state index in [1.807, 2.05) is 18.2 Å². The van der Waals surface area contributed by atoms with E-state index in [-0.39, 0.29) is 6.85 Å². The molecule has 0 fully saturated rings. The fourth-order valence-electron chi connectivity index (χ4n) is 9.13. The van der Waals surface area contributed by atoms with Crippen molar-refractivity contribution < 1.29 is 13.9 Å². The molecular weight excluding hydrogens is 695 g/mol. The number of furan rings is 1. The molecule has 0 atom stereocenters. The summed E-state index contributed by atoms with van der Waals surface area (Å²) in [5.74, 6) is 3.39. The minimum atomic E-state index is -0.197. The van der Waals surface area contributed by atoms with E-state index in [1.54, 1.807) is 11.8 Å². The van der Waals surface area contributed by atoms with E-state index in [0.717, 1.165) is 88.7 Å². The molecule has 7 heteroatoms. The third-order valence-corrected chi connectivity index (χ3v) is 12.6. The van der Waals surface area contributed by atoms with Gasteiger partial charge in [-0.05, 0) is 94.3 Å². The summed E-state index contributed by atoms with van der Waals surface area (Å²) in [6.45, 7) is -0.197. The molecule has 55 heavy (non-hydrogen) atoms. The zero-order valence-corrected chi connectivity index (χ0v) is 30.0. The van der Waals surface area contributed by atoms with Crippen LogP contribution in [0.4, 0.5) is 28.4 Å². The summed E-state index contributed by atoms with van der Waals surface area (Å²) in [6, 6.07) is 58.0. The SMILES string of the molecule is c1ccc(-c2ccc(N3B4c5cccc6c5N(c5ccccc5O6)c5c4c(cc4c5oc5ccccc54)-c4cc5c(cc43)Sc3ccccc3O5)cc2)cc1. The maximum atomic E-state index is 6.94. The summed E-state index contributed by atoms with van der Waals surface area (Å²) in [6.07, 6.45) is 0. The van der Waals surface area contributed by atoms with Gasteiger partial charge in [0.1, 0.15) is 17.1 Å². The van der Waals surface area contributed by atoms with Gasteiger partial charge in [-0.2, -0.15) is 0 Å². The highest BCUT2D eigenvalue weighted by Crippen LogP contribution is 2.58. The molecule has 0 bridgehead atoms. The van der Waals surface area contributed by atoms with Crippen molar-refractivity contribution in [3.05, 3.63) is 164 Å². The van der Waals surface area contributed by atoms with Gasteiger partial charge in [-0.25, -0.2) is 0 Å². The lowest BCUT2D eigenvalue weighted by Crippen LogP contribution is -2.61. The Morgan fingerprint density at radius 2 is 1.24 bits per heavy atom. The van der Waals surface area contributed by atoms with Crippen molar-refractivity contribution in [2.75, 3.05) is 9.71 Å². The number of hydrogen-bond donors (Lipinski definition) is 0. The Morgan fingerprint density at radius 3 is 2.15 bits per heavy atom. The number of hydrogen-bond acceptors (Lipinski definition) is 6. The number of fused-ring (bicyclic) bond motifs is 12. The lowest BCUT2D eigenvalue weighted by Gasteiger charge is -2.47. The van der Waals surface area contributed by atoms with Crippen LogP contribution < -0.4 is 30.1 Å². The van der Waals surface area contributed by atoms with Crippen molar-refractivity contribution >= 4 is 79.9 Å². The van der Waals surface area contributed by atoms with E-state index >= 15 is 0 Å². The second kappa shape index (κ2) is 10.9. The van der Waals surface area contributed by atoms with Crippen molar-refractivity contribution in [2.24, 2.45) is 0 Å². The van der Waals surface area contributed by atoms with Gasteiger partial charge in [-0.3, -0.25) is 0 Å². The third kappa shape index (κ3) is 4.05. The first-order chi connectivity index (χ1) is 27.3. The van der Waals surface area contributed by atoms with Crippen molar-refractivity contribution in [3.8, 4) is 45.3 Å².